The van der Waals surface area contributed by atoms with Gasteiger partial charge in [0.05, 0.1) is 0 Å². The van der Waals surface area contributed by atoms with E-state index in [1.54, 1.807) is 6.20 Å². The monoisotopic (exact) mass is 347 g/mol. The van der Waals surface area contributed by atoms with Gasteiger partial charge in [-0.1, -0.05) is 15.9 Å². The van der Waals surface area contributed by atoms with Crippen LogP contribution >= 0.6 is 15.9 Å². The number of benzene rings is 1. The first-order valence-corrected chi connectivity index (χ1v) is 7.06. The van der Waals surface area contributed by atoms with Gasteiger partial charge in [-0.25, -0.2) is 9.78 Å². The van der Waals surface area contributed by atoms with Crippen LogP contribution in [0.25, 0.3) is 6.08 Å². The second-order valence-corrected chi connectivity index (χ2v) is 5.43. The molecule has 1 aromatic carbocycles. The molecule has 2 rings (SSSR count). The summed E-state index contributed by atoms with van der Waals surface area (Å²) in [5.41, 5.74) is 2.63. The Morgan fingerprint density at radius 2 is 2.05 bits per heavy atom. The van der Waals surface area contributed by atoms with E-state index in [2.05, 4.69) is 20.9 Å². The zero-order valence-electron chi connectivity index (χ0n) is 11.6. The van der Waals surface area contributed by atoms with Crippen molar-refractivity contribution < 1.29 is 14.6 Å². The zero-order chi connectivity index (χ0) is 15.4. The zero-order valence-corrected chi connectivity index (χ0v) is 13.2. The van der Waals surface area contributed by atoms with E-state index >= 15 is 0 Å². The number of hydrogen-bond acceptors (Lipinski definition) is 3. The molecule has 0 unspecified atom stereocenters. The summed E-state index contributed by atoms with van der Waals surface area (Å²) in [6.07, 6.45) is 4.15. The van der Waals surface area contributed by atoms with Gasteiger partial charge >= 0.3 is 5.97 Å². The molecule has 0 spiro atoms. The molecule has 108 valence electrons. The number of ether oxygens (including phenoxy) is 1. The highest BCUT2D eigenvalue weighted by molar-refractivity contribution is 9.10. The fraction of sp³-hybridized carbons (Fsp3) is 0.125. The Morgan fingerprint density at radius 3 is 2.67 bits per heavy atom. The predicted octanol–water partition coefficient (Wildman–Crippen LogP) is 4.35. The van der Waals surface area contributed by atoms with Crippen LogP contribution in [0.1, 0.15) is 16.7 Å². The van der Waals surface area contributed by atoms with E-state index in [1.807, 2.05) is 38.1 Å². The van der Waals surface area contributed by atoms with Gasteiger partial charge in [0.15, 0.2) is 0 Å². The number of carboxylic acid groups (broad SMARTS) is 1. The van der Waals surface area contributed by atoms with Gasteiger partial charge in [-0.05, 0) is 55.3 Å². The summed E-state index contributed by atoms with van der Waals surface area (Å²) in [6, 6.07) is 7.53. The number of carboxylic acids is 1. The Bertz CT molecular complexity index is 711. The molecule has 5 heteroatoms. The lowest BCUT2D eigenvalue weighted by atomic mass is 10.2. The lowest BCUT2D eigenvalue weighted by Gasteiger charge is -2.09. The van der Waals surface area contributed by atoms with Crippen molar-refractivity contribution in [2.75, 3.05) is 0 Å². The highest BCUT2D eigenvalue weighted by Gasteiger charge is 2.05. The normalized spacial score (nSPS) is 10.8. The highest BCUT2D eigenvalue weighted by Crippen LogP contribution is 2.27. The van der Waals surface area contributed by atoms with E-state index in [1.165, 1.54) is 6.08 Å². The van der Waals surface area contributed by atoms with Crippen molar-refractivity contribution in [2.45, 2.75) is 13.8 Å². The van der Waals surface area contributed by atoms with Gasteiger partial charge in [-0.3, -0.25) is 0 Å². The van der Waals surface area contributed by atoms with Crippen molar-refractivity contribution in [3.63, 3.8) is 0 Å². The van der Waals surface area contributed by atoms with Gasteiger partial charge in [-0.15, -0.1) is 0 Å². The van der Waals surface area contributed by atoms with Gasteiger partial charge < -0.3 is 9.84 Å². The molecule has 4 nitrogen and oxygen atoms in total. The Balaban J connectivity index is 2.21. The molecule has 0 atom stereocenters. The van der Waals surface area contributed by atoms with Crippen molar-refractivity contribution in [3.8, 4) is 11.6 Å². The molecule has 1 aromatic heterocycles. The quantitative estimate of drug-likeness (QED) is 0.835. The summed E-state index contributed by atoms with van der Waals surface area (Å²) in [5.74, 6) is 0.225. The van der Waals surface area contributed by atoms with Crippen LogP contribution in [0.5, 0.6) is 11.6 Å². The molecule has 0 bridgehead atoms. The molecular formula is C16H14BrNO3. The van der Waals surface area contributed by atoms with Crippen molar-refractivity contribution in [3.05, 3.63) is 57.7 Å². The van der Waals surface area contributed by atoms with Crippen molar-refractivity contribution >= 4 is 28.0 Å². The average molecular weight is 348 g/mol. The highest BCUT2D eigenvalue weighted by atomic mass is 79.9. The standard InChI is InChI=1S/C16H14BrNO3/c1-10-8-13(4-5-14(10)17)21-16-11(2)7-12(9-18-16)3-6-15(19)20/h3-9H,1-2H3,(H,19,20)/b6-3+. The molecule has 1 heterocycles. The molecule has 1 N–H and O–H groups in total. The summed E-state index contributed by atoms with van der Waals surface area (Å²) < 4.78 is 6.78. The van der Waals surface area contributed by atoms with E-state index in [-0.39, 0.29) is 0 Å². The van der Waals surface area contributed by atoms with Crippen LogP contribution in [0.15, 0.2) is 41.0 Å². The number of aromatic nitrogens is 1. The Labute approximate surface area is 131 Å². The number of aryl methyl sites for hydroxylation is 2. The van der Waals surface area contributed by atoms with Gasteiger partial charge in [0.25, 0.3) is 0 Å². The summed E-state index contributed by atoms with van der Waals surface area (Å²) >= 11 is 3.44. The van der Waals surface area contributed by atoms with Crippen molar-refractivity contribution in [1.29, 1.82) is 0 Å². The van der Waals surface area contributed by atoms with E-state index < -0.39 is 5.97 Å². The van der Waals surface area contributed by atoms with Gasteiger partial charge in [0, 0.05) is 22.3 Å². The lowest BCUT2D eigenvalue weighted by Crippen LogP contribution is -1.93. The van der Waals surface area contributed by atoms with E-state index in [0.29, 0.717) is 17.2 Å². The third kappa shape index (κ3) is 4.16. The first kappa shape index (κ1) is 15.3. The molecule has 2 aromatic rings. The molecule has 0 aliphatic carbocycles. The van der Waals surface area contributed by atoms with E-state index in [4.69, 9.17) is 9.84 Å². The molecule has 0 fully saturated rings. The minimum atomic E-state index is -0.988. The number of rotatable bonds is 4. The van der Waals surface area contributed by atoms with E-state index in [0.717, 1.165) is 21.7 Å². The number of nitrogens with zero attached hydrogens (tertiary/aromatic N) is 1. The molecule has 0 radical (unpaired) electrons. The molecule has 0 saturated heterocycles. The van der Waals surface area contributed by atoms with Crippen LogP contribution in [0, 0.1) is 13.8 Å². The average Bonchev–Trinajstić information content (AvgIpc) is 2.43. The van der Waals surface area contributed by atoms with Gasteiger partial charge in [0.1, 0.15) is 5.75 Å². The van der Waals surface area contributed by atoms with Crippen molar-refractivity contribution in [1.82, 2.24) is 4.98 Å². The minimum absolute atomic E-state index is 0.504. The molecule has 0 amide bonds. The summed E-state index contributed by atoms with van der Waals surface area (Å²) in [5, 5.41) is 8.61. The van der Waals surface area contributed by atoms with Crippen LogP contribution in [-0.4, -0.2) is 16.1 Å². The topological polar surface area (TPSA) is 59.4 Å². The predicted molar refractivity (Wildman–Crippen MR) is 84.6 cm³/mol. The number of aliphatic carboxylic acids is 1. The fourth-order valence-electron chi connectivity index (χ4n) is 1.74. The van der Waals surface area contributed by atoms with Gasteiger partial charge in [0.2, 0.25) is 5.88 Å². The molecule has 0 aliphatic rings. The molecule has 0 saturated carbocycles. The number of pyridine rings is 1. The molecule has 0 aliphatic heterocycles. The fourth-order valence-corrected chi connectivity index (χ4v) is 1.99. The third-order valence-electron chi connectivity index (χ3n) is 2.81. The molecular weight excluding hydrogens is 334 g/mol. The summed E-state index contributed by atoms with van der Waals surface area (Å²) in [7, 11) is 0. The number of carbonyl (C=O) groups is 1. The maximum absolute atomic E-state index is 10.5. The Morgan fingerprint density at radius 1 is 1.29 bits per heavy atom. The first-order chi connectivity index (χ1) is 9.95. The smallest absolute Gasteiger partial charge is 0.328 e. The van der Waals surface area contributed by atoms with Crippen LogP contribution in [-0.2, 0) is 4.79 Å². The Hall–Kier alpha value is -2.14. The van der Waals surface area contributed by atoms with Gasteiger partial charge in [-0.2, -0.15) is 0 Å². The largest absolute Gasteiger partial charge is 0.478 e. The number of halogens is 1. The van der Waals surface area contributed by atoms with Crippen molar-refractivity contribution in [2.24, 2.45) is 0 Å². The van der Waals surface area contributed by atoms with E-state index in [9.17, 15) is 4.79 Å². The maximum atomic E-state index is 10.5. The van der Waals surface area contributed by atoms with Crippen LogP contribution < -0.4 is 4.74 Å². The Kier molecular flexibility index (Phi) is 4.75. The summed E-state index contributed by atoms with van der Waals surface area (Å²) in [4.78, 5) is 14.7. The summed E-state index contributed by atoms with van der Waals surface area (Å²) in [6.45, 7) is 3.85. The third-order valence-corrected chi connectivity index (χ3v) is 3.70. The maximum Gasteiger partial charge on any atom is 0.328 e. The SMILES string of the molecule is Cc1cc(Oc2ncc(/C=C/C(=O)O)cc2C)ccc1Br. The second kappa shape index (κ2) is 6.54. The first-order valence-electron chi connectivity index (χ1n) is 6.27. The van der Waals surface area contributed by atoms with Crippen LogP contribution in [0.4, 0.5) is 0 Å². The number of hydrogen-bond donors (Lipinski definition) is 1. The second-order valence-electron chi connectivity index (χ2n) is 4.58. The van der Waals surface area contributed by atoms with Crippen LogP contribution in [0.3, 0.4) is 0 Å². The minimum Gasteiger partial charge on any atom is -0.478 e. The van der Waals surface area contributed by atoms with Crippen LogP contribution in [0.2, 0.25) is 0 Å². The molecule has 21 heavy (non-hydrogen) atoms. The lowest BCUT2D eigenvalue weighted by molar-refractivity contribution is -0.131.